The number of hydrogen-bond donors (Lipinski definition) is 1. The van der Waals surface area contributed by atoms with Crippen molar-refractivity contribution in [3.63, 3.8) is 0 Å². The molecule has 4 nitrogen and oxygen atoms in total. The summed E-state index contributed by atoms with van der Waals surface area (Å²) in [5, 5.41) is 9.75. The molecule has 0 unspecified atom stereocenters. The molecule has 1 N–H and O–H groups in total. The van der Waals surface area contributed by atoms with E-state index < -0.39 is 11.8 Å². The average molecular weight is 247 g/mol. The quantitative estimate of drug-likeness (QED) is 0.668. The number of rotatable bonds is 3. The third kappa shape index (κ3) is 1.82. The lowest BCUT2D eigenvalue weighted by molar-refractivity contribution is -0.131. The molecule has 0 radical (unpaired) electrons. The van der Waals surface area contributed by atoms with Crippen molar-refractivity contribution in [2.45, 2.75) is 18.8 Å². The number of carboxylic acids is 1. The smallest absolute Gasteiger partial charge is 0.377 e. The average Bonchev–Trinajstić information content (AvgIpc) is 3.07. The minimum Gasteiger partial charge on any atom is -0.475 e. The molecule has 1 aromatic carbocycles. The van der Waals surface area contributed by atoms with E-state index in [1.165, 1.54) is 18.9 Å². The number of aliphatic carboxylic acids is 1. The number of hydrogen-bond acceptors (Lipinski definition) is 4. The Balaban J connectivity index is 2.05. The van der Waals surface area contributed by atoms with Gasteiger partial charge in [0.15, 0.2) is 0 Å². The summed E-state index contributed by atoms with van der Waals surface area (Å²) in [6.07, 6.45) is 2.36. The Kier molecular flexibility index (Phi) is 2.22. The van der Waals surface area contributed by atoms with Gasteiger partial charge in [-0.3, -0.25) is 4.79 Å². The van der Waals surface area contributed by atoms with Crippen LogP contribution in [0.25, 0.3) is 10.2 Å². The Morgan fingerprint density at radius 2 is 2.12 bits per heavy atom. The topological polar surface area (TPSA) is 67.3 Å². The number of nitrogens with zero attached hydrogens (tertiary/aromatic N) is 1. The standard InChI is InChI=1S/C12H9NO3S/c14-10(12(15)16)7-3-4-8-9(5-7)17-11(13-8)6-1-2-6/h3-6H,1-2H2,(H,15,16). The molecule has 0 aliphatic heterocycles. The molecule has 0 saturated heterocycles. The van der Waals surface area contributed by atoms with Gasteiger partial charge in [0.05, 0.1) is 15.2 Å². The van der Waals surface area contributed by atoms with Gasteiger partial charge in [0, 0.05) is 11.5 Å². The fourth-order valence-corrected chi connectivity index (χ4v) is 2.89. The normalized spacial score (nSPS) is 15.1. The Morgan fingerprint density at radius 3 is 2.76 bits per heavy atom. The minimum absolute atomic E-state index is 0.219. The van der Waals surface area contributed by atoms with E-state index in [-0.39, 0.29) is 5.56 Å². The maximum atomic E-state index is 11.3. The van der Waals surface area contributed by atoms with Gasteiger partial charge in [0.2, 0.25) is 0 Å². The largest absolute Gasteiger partial charge is 0.475 e. The number of ketones is 1. The van der Waals surface area contributed by atoms with Gasteiger partial charge in [-0.2, -0.15) is 0 Å². The molecule has 1 fully saturated rings. The van der Waals surface area contributed by atoms with Crippen LogP contribution in [0.15, 0.2) is 18.2 Å². The number of carbonyl (C=O) groups excluding carboxylic acids is 1. The van der Waals surface area contributed by atoms with Crippen molar-refractivity contribution in [3.05, 3.63) is 28.8 Å². The minimum atomic E-state index is -1.42. The third-order valence-corrected chi connectivity index (χ3v) is 3.97. The van der Waals surface area contributed by atoms with Gasteiger partial charge >= 0.3 is 5.97 Å². The summed E-state index contributed by atoms with van der Waals surface area (Å²) < 4.78 is 0.888. The zero-order valence-corrected chi connectivity index (χ0v) is 9.66. The van der Waals surface area contributed by atoms with Gasteiger partial charge in [-0.1, -0.05) is 0 Å². The van der Waals surface area contributed by atoms with Crippen LogP contribution in [0.2, 0.25) is 0 Å². The first-order valence-electron chi connectivity index (χ1n) is 5.33. The molecular formula is C12H9NO3S. The Bertz CT molecular complexity index is 628. The molecule has 86 valence electrons. The molecule has 1 aliphatic carbocycles. The van der Waals surface area contributed by atoms with Crippen LogP contribution >= 0.6 is 11.3 Å². The van der Waals surface area contributed by atoms with Crippen LogP contribution in [0.5, 0.6) is 0 Å². The van der Waals surface area contributed by atoms with Gasteiger partial charge in [0.1, 0.15) is 0 Å². The second-order valence-electron chi connectivity index (χ2n) is 4.14. The van der Waals surface area contributed by atoms with Crippen molar-refractivity contribution in [2.24, 2.45) is 0 Å². The molecule has 1 aromatic heterocycles. The Morgan fingerprint density at radius 1 is 1.35 bits per heavy atom. The van der Waals surface area contributed by atoms with Gasteiger partial charge in [0.25, 0.3) is 5.78 Å². The summed E-state index contributed by atoms with van der Waals surface area (Å²) in [5.41, 5.74) is 1.06. The van der Waals surface area contributed by atoms with E-state index in [0.29, 0.717) is 5.92 Å². The van der Waals surface area contributed by atoms with Crippen LogP contribution in [0.3, 0.4) is 0 Å². The second-order valence-corrected chi connectivity index (χ2v) is 5.21. The highest BCUT2D eigenvalue weighted by Gasteiger charge is 2.27. The summed E-state index contributed by atoms with van der Waals surface area (Å²) in [4.78, 5) is 26.4. The third-order valence-electron chi connectivity index (χ3n) is 2.79. The Hall–Kier alpha value is -1.75. The lowest BCUT2D eigenvalue weighted by Crippen LogP contribution is -2.12. The monoisotopic (exact) mass is 247 g/mol. The van der Waals surface area contributed by atoms with Crippen LogP contribution < -0.4 is 0 Å². The molecule has 0 spiro atoms. The molecule has 0 atom stereocenters. The predicted octanol–water partition coefficient (Wildman–Crippen LogP) is 2.44. The summed E-state index contributed by atoms with van der Waals surface area (Å²) in [7, 11) is 0. The number of thiazole rings is 1. The van der Waals surface area contributed by atoms with E-state index in [1.807, 2.05) is 0 Å². The van der Waals surface area contributed by atoms with E-state index >= 15 is 0 Å². The molecule has 5 heteroatoms. The maximum Gasteiger partial charge on any atom is 0.377 e. The molecule has 0 amide bonds. The van der Waals surface area contributed by atoms with Gasteiger partial charge < -0.3 is 5.11 Å². The summed E-state index contributed by atoms with van der Waals surface area (Å²) >= 11 is 1.55. The summed E-state index contributed by atoms with van der Waals surface area (Å²) in [6.45, 7) is 0. The zero-order valence-electron chi connectivity index (χ0n) is 8.84. The first kappa shape index (κ1) is 10.4. The molecule has 1 aliphatic rings. The molecular weight excluding hydrogens is 238 g/mol. The number of carbonyl (C=O) groups is 2. The van der Waals surface area contributed by atoms with Gasteiger partial charge in [-0.25, -0.2) is 9.78 Å². The highest BCUT2D eigenvalue weighted by atomic mass is 32.1. The van der Waals surface area contributed by atoms with E-state index in [4.69, 9.17) is 5.11 Å². The lowest BCUT2D eigenvalue weighted by Gasteiger charge is -1.94. The van der Waals surface area contributed by atoms with Crippen molar-refractivity contribution in [1.82, 2.24) is 4.98 Å². The molecule has 0 bridgehead atoms. The fourth-order valence-electron chi connectivity index (χ4n) is 1.71. The summed E-state index contributed by atoms with van der Waals surface area (Å²) in [6, 6.07) is 4.86. The second kappa shape index (κ2) is 3.63. The highest BCUT2D eigenvalue weighted by Crippen LogP contribution is 2.43. The number of Topliss-reactive ketones (excluding diaryl/α,β-unsaturated/α-hetero) is 1. The van der Waals surface area contributed by atoms with E-state index in [2.05, 4.69) is 4.98 Å². The van der Waals surface area contributed by atoms with E-state index in [1.54, 1.807) is 23.5 Å². The zero-order chi connectivity index (χ0) is 12.0. The van der Waals surface area contributed by atoms with Crippen LogP contribution in [-0.2, 0) is 4.79 Å². The molecule has 17 heavy (non-hydrogen) atoms. The fraction of sp³-hybridized carbons (Fsp3) is 0.250. The SMILES string of the molecule is O=C(O)C(=O)c1ccc2nc(C3CC3)sc2c1. The number of carboxylic acid groups (broad SMARTS) is 1. The van der Waals surface area contributed by atoms with Crippen LogP contribution in [0.1, 0.15) is 34.1 Å². The van der Waals surface area contributed by atoms with Gasteiger partial charge in [-0.15, -0.1) is 11.3 Å². The van der Waals surface area contributed by atoms with Crippen LogP contribution in [-0.4, -0.2) is 21.8 Å². The van der Waals surface area contributed by atoms with Crippen molar-refractivity contribution < 1.29 is 14.7 Å². The number of aromatic nitrogens is 1. The molecule has 1 saturated carbocycles. The van der Waals surface area contributed by atoms with Crippen molar-refractivity contribution in [2.75, 3.05) is 0 Å². The van der Waals surface area contributed by atoms with E-state index in [9.17, 15) is 9.59 Å². The van der Waals surface area contributed by atoms with Crippen molar-refractivity contribution in [1.29, 1.82) is 0 Å². The van der Waals surface area contributed by atoms with Crippen molar-refractivity contribution >= 4 is 33.3 Å². The predicted molar refractivity (Wildman–Crippen MR) is 63.6 cm³/mol. The van der Waals surface area contributed by atoms with E-state index in [0.717, 1.165) is 15.2 Å². The Labute approximate surface area is 101 Å². The maximum absolute atomic E-state index is 11.3. The lowest BCUT2D eigenvalue weighted by atomic mass is 10.1. The van der Waals surface area contributed by atoms with Crippen LogP contribution in [0.4, 0.5) is 0 Å². The van der Waals surface area contributed by atoms with Crippen LogP contribution in [0, 0.1) is 0 Å². The number of fused-ring (bicyclic) bond motifs is 1. The van der Waals surface area contributed by atoms with Crippen molar-refractivity contribution in [3.8, 4) is 0 Å². The first-order valence-corrected chi connectivity index (χ1v) is 6.15. The molecule has 2 aromatic rings. The molecule has 3 rings (SSSR count). The first-order chi connectivity index (χ1) is 8.15. The van der Waals surface area contributed by atoms with Gasteiger partial charge in [-0.05, 0) is 31.0 Å². The summed E-state index contributed by atoms with van der Waals surface area (Å²) in [5.74, 6) is -1.71. The molecule has 1 heterocycles. The number of benzene rings is 1. The highest BCUT2D eigenvalue weighted by molar-refractivity contribution is 7.18.